The van der Waals surface area contributed by atoms with E-state index in [2.05, 4.69) is 42.8 Å². The first-order valence-corrected chi connectivity index (χ1v) is 11.1. The van der Waals surface area contributed by atoms with E-state index in [0.29, 0.717) is 29.4 Å². The Balaban J connectivity index is 1.81. The lowest BCUT2D eigenvalue weighted by Crippen LogP contribution is -2.30. The van der Waals surface area contributed by atoms with Crippen LogP contribution in [-0.2, 0) is 17.6 Å². The quantitative estimate of drug-likeness (QED) is 0.398. The molecule has 6 heteroatoms. The molecular weight excluding hydrogens is 408 g/mol. The molecule has 2 aromatic carbocycles. The maximum absolute atomic E-state index is 12.5. The van der Waals surface area contributed by atoms with Crippen LogP contribution in [0.15, 0.2) is 66.6 Å². The van der Waals surface area contributed by atoms with Crippen molar-refractivity contribution in [3.8, 4) is 11.5 Å². The van der Waals surface area contributed by atoms with Crippen LogP contribution in [0.3, 0.4) is 0 Å². The summed E-state index contributed by atoms with van der Waals surface area (Å²) in [4.78, 5) is 13.2. The maximum Gasteiger partial charge on any atom is 0.260 e. The van der Waals surface area contributed by atoms with Crippen LogP contribution in [0.25, 0.3) is 6.08 Å². The molecule has 3 rings (SSSR count). The molecule has 1 heterocycles. The lowest BCUT2D eigenvalue weighted by molar-refractivity contribution is -0.116. The number of nitrogens with one attached hydrogen (secondary N) is 2. The van der Waals surface area contributed by atoms with Gasteiger partial charge >= 0.3 is 0 Å². The highest BCUT2D eigenvalue weighted by molar-refractivity contribution is 8.05. The Hall–Kier alpha value is -3.12. The number of aryl methyl sites for hydroxylation is 1. The Labute approximate surface area is 188 Å². The first-order chi connectivity index (χ1) is 15.1. The van der Waals surface area contributed by atoms with Crippen LogP contribution in [0.5, 0.6) is 11.5 Å². The first-order valence-electron chi connectivity index (χ1n) is 10.2. The summed E-state index contributed by atoms with van der Waals surface area (Å²) in [5.41, 5.74) is 3.83. The van der Waals surface area contributed by atoms with E-state index >= 15 is 0 Å². The van der Waals surface area contributed by atoms with Crippen LogP contribution >= 0.6 is 11.8 Å². The zero-order chi connectivity index (χ0) is 22.2. The van der Waals surface area contributed by atoms with Crippen molar-refractivity contribution in [1.82, 2.24) is 5.32 Å². The summed E-state index contributed by atoms with van der Waals surface area (Å²) in [6.45, 7) is 10.0. The van der Waals surface area contributed by atoms with E-state index < -0.39 is 0 Å². The highest BCUT2D eigenvalue weighted by atomic mass is 32.2. The molecule has 1 saturated heterocycles. The first kappa shape index (κ1) is 22.6. The van der Waals surface area contributed by atoms with Gasteiger partial charge in [-0.2, -0.15) is 0 Å². The standard InChI is InChI=1S/C25H28N2O3S/c1-5-8-19-14-18(15-21(29-4)23(19)30-13-6-2)16-22-24(28)27-25(31-22)26-20-11-9-17(7-3)10-12-20/h5-6,9-12,14-16,25-26H,1-2,7-8,13H2,3-4H3,(H,27,28)/b22-16-/t25-/m1/s1. The van der Waals surface area contributed by atoms with Crippen molar-refractivity contribution in [2.24, 2.45) is 0 Å². The largest absolute Gasteiger partial charge is 0.493 e. The van der Waals surface area contributed by atoms with Crippen LogP contribution in [0, 0.1) is 0 Å². The van der Waals surface area contributed by atoms with Gasteiger partial charge in [-0.25, -0.2) is 0 Å². The molecule has 2 aromatic rings. The molecule has 1 amide bonds. The number of amides is 1. The molecule has 0 aromatic heterocycles. The van der Waals surface area contributed by atoms with Crippen LogP contribution < -0.4 is 20.1 Å². The molecule has 0 unspecified atom stereocenters. The lowest BCUT2D eigenvalue weighted by Gasteiger charge is -2.15. The molecule has 0 aliphatic carbocycles. The van der Waals surface area contributed by atoms with Crippen molar-refractivity contribution in [1.29, 1.82) is 0 Å². The molecule has 0 saturated carbocycles. The van der Waals surface area contributed by atoms with Crippen molar-refractivity contribution in [2.75, 3.05) is 19.0 Å². The molecule has 1 aliphatic rings. The van der Waals surface area contributed by atoms with Gasteiger partial charge in [-0.3, -0.25) is 4.79 Å². The second-order valence-corrected chi connectivity index (χ2v) is 8.13. The van der Waals surface area contributed by atoms with Crippen LogP contribution in [0.2, 0.25) is 0 Å². The smallest absolute Gasteiger partial charge is 0.260 e. The minimum atomic E-state index is -0.226. The van der Waals surface area contributed by atoms with Gasteiger partial charge < -0.3 is 20.1 Å². The number of hydrogen-bond donors (Lipinski definition) is 2. The second-order valence-electron chi connectivity index (χ2n) is 6.98. The number of thioether (sulfide) groups is 1. The molecule has 0 radical (unpaired) electrons. The fourth-order valence-electron chi connectivity index (χ4n) is 3.24. The average Bonchev–Trinajstić information content (AvgIpc) is 3.11. The highest BCUT2D eigenvalue weighted by Crippen LogP contribution is 2.36. The van der Waals surface area contributed by atoms with E-state index in [0.717, 1.165) is 23.2 Å². The van der Waals surface area contributed by atoms with Gasteiger partial charge in [0, 0.05) is 11.3 Å². The second kappa shape index (κ2) is 10.8. The third-order valence-corrected chi connectivity index (χ3v) is 5.80. The topological polar surface area (TPSA) is 59.6 Å². The van der Waals surface area contributed by atoms with Gasteiger partial charge in [0.15, 0.2) is 17.0 Å². The Morgan fingerprint density at radius 1 is 1.19 bits per heavy atom. The van der Waals surface area contributed by atoms with Gasteiger partial charge in [0.2, 0.25) is 0 Å². The van der Waals surface area contributed by atoms with Crippen LogP contribution in [0.1, 0.15) is 23.6 Å². The van der Waals surface area contributed by atoms with E-state index in [9.17, 15) is 4.79 Å². The number of rotatable bonds is 10. The molecule has 1 fully saturated rings. The Bertz CT molecular complexity index is 983. The number of methoxy groups -OCH3 is 1. The Morgan fingerprint density at radius 2 is 1.97 bits per heavy atom. The number of ether oxygens (including phenoxy) is 2. The van der Waals surface area contributed by atoms with Gasteiger partial charge in [-0.15, -0.1) is 6.58 Å². The molecule has 0 bridgehead atoms. The molecule has 162 valence electrons. The monoisotopic (exact) mass is 436 g/mol. The summed E-state index contributed by atoms with van der Waals surface area (Å²) in [6.07, 6.45) is 6.99. The average molecular weight is 437 g/mol. The predicted molar refractivity (Wildman–Crippen MR) is 130 cm³/mol. The molecule has 5 nitrogen and oxygen atoms in total. The fourth-order valence-corrected chi connectivity index (χ4v) is 4.22. The Kier molecular flexibility index (Phi) is 7.84. The number of benzene rings is 2. The number of hydrogen-bond acceptors (Lipinski definition) is 5. The highest BCUT2D eigenvalue weighted by Gasteiger charge is 2.27. The molecule has 0 spiro atoms. The Morgan fingerprint density at radius 3 is 2.61 bits per heavy atom. The number of allylic oxidation sites excluding steroid dienone is 1. The zero-order valence-corrected chi connectivity index (χ0v) is 18.8. The van der Waals surface area contributed by atoms with E-state index in [1.54, 1.807) is 13.2 Å². The van der Waals surface area contributed by atoms with E-state index in [1.165, 1.54) is 17.3 Å². The number of anilines is 1. The predicted octanol–water partition coefficient (Wildman–Crippen LogP) is 5.15. The van der Waals surface area contributed by atoms with Gasteiger partial charge in [0.1, 0.15) is 6.61 Å². The van der Waals surface area contributed by atoms with Crippen molar-refractivity contribution in [3.05, 3.63) is 83.3 Å². The maximum atomic E-state index is 12.5. The van der Waals surface area contributed by atoms with Crippen molar-refractivity contribution in [3.63, 3.8) is 0 Å². The van der Waals surface area contributed by atoms with Crippen LogP contribution in [-0.4, -0.2) is 25.1 Å². The molecule has 1 atom stereocenters. The van der Waals surface area contributed by atoms with Crippen LogP contribution in [0.4, 0.5) is 5.69 Å². The minimum Gasteiger partial charge on any atom is -0.493 e. The molecular formula is C25H28N2O3S. The minimum absolute atomic E-state index is 0.108. The van der Waals surface area contributed by atoms with Gasteiger partial charge in [0.05, 0.1) is 12.0 Å². The van der Waals surface area contributed by atoms with E-state index in [1.807, 2.05) is 36.4 Å². The third kappa shape index (κ3) is 5.73. The summed E-state index contributed by atoms with van der Waals surface area (Å²) in [7, 11) is 1.60. The molecule has 2 N–H and O–H groups in total. The zero-order valence-electron chi connectivity index (χ0n) is 17.9. The third-order valence-electron chi connectivity index (χ3n) is 4.77. The normalized spacial score (nSPS) is 16.6. The molecule has 1 aliphatic heterocycles. The van der Waals surface area contributed by atoms with Gasteiger partial charge in [0.25, 0.3) is 5.91 Å². The summed E-state index contributed by atoms with van der Waals surface area (Å²) in [5, 5.41) is 6.32. The van der Waals surface area contributed by atoms with Gasteiger partial charge in [-0.1, -0.05) is 49.5 Å². The van der Waals surface area contributed by atoms with Crippen molar-refractivity contribution >= 4 is 29.4 Å². The SMILES string of the molecule is C=CCOc1c(CC=C)cc(/C=C2\S[C@H](Nc3ccc(CC)cc3)NC2=O)cc1OC. The molecule has 31 heavy (non-hydrogen) atoms. The van der Waals surface area contributed by atoms with Crippen molar-refractivity contribution < 1.29 is 14.3 Å². The van der Waals surface area contributed by atoms with E-state index in [4.69, 9.17) is 9.47 Å². The van der Waals surface area contributed by atoms with E-state index in [-0.39, 0.29) is 11.4 Å². The summed E-state index contributed by atoms with van der Waals surface area (Å²) >= 11 is 1.45. The number of carbonyl (C=O) groups excluding carboxylic acids is 1. The fraction of sp³-hybridized carbons (Fsp3) is 0.240. The number of carbonyl (C=O) groups is 1. The lowest BCUT2D eigenvalue weighted by atomic mass is 10.0. The summed E-state index contributed by atoms with van der Waals surface area (Å²) in [6, 6.07) is 12.1. The summed E-state index contributed by atoms with van der Waals surface area (Å²) < 4.78 is 11.3. The van der Waals surface area contributed by atoms with Crippen molar-refractivity contribution in [2.45, 2.75) is 25.3 Å². The van der Waals surface area contributed by atoms with Gasteiger partial charge in [-0.05, 0) is 54.3 Å². The summed E-state index contributed by atoms with van der Waals surface area (Å²) in [5.74, 6) is 1.18.